The van der Waals surface area contributed by atoms with E-state index in [1.807, 2.05) is 53.9 Å². The monoisotopic (exact) mass is 322 g/mol. The Morgan fingerprint density at radius 3 is 2.58 bits per heavy atom. The van der Waals surface area contributed by atoms with E-state index >= 15 is 0 Å². The van der Waals surface area contributed by atoms with Crippen LogP contribution in [0.15, 0.2) is 42.6 Å². The molecule has 0 unspecified atom stereocenters. The summed E-state index contributed by atoms with van der Waals surface area (Å²) in [6.45, 7) is 6.21. The molecule has 1 aromatic carbocycles. The molecular weight excluding hydrogens is 300 g/mol. The van der Waals surface area contributed by atoms with E-state index in [0.29, 0.717) is 23.1 Å². The first-order chi connectivity index (χ1) is 11.5. The number of fused-ring (bicyclic) bond motifs is 1. The molecule has 0 saturated carbocycles. The highest BCUT2D eigenvalue weighted by Crippen LogP contribution is 2.28. The maximum absolute atomic E-state index is 13.2. The number of nitrogens with zero attached hydrogens (tertiary/aromatic N) is 2. The molecular formula is C20H22N2O2. The SMILES string of the molecule is COc1nc(C)cn2c(C(=O)c3ccccc3)c(CC(C)C)cc12. The molecule has 2 aromatic heterocycles. The Kier molecular flexibility index (Phi) is 4.38. The zero-order valence-electron chi connectivity index (χ0n) is 14.5. The van der Waals surface area contributed by atoms with E-state index in [0.717, 1.165) is 23.2 Å². The lowest BCUT2D eigenvalue weighted by Crippen LogP contribution is -2.10. The third-order valence-corrected chi connectivity index (χ3v) is 4.00. The van der Waals surface area contributed by atoms with Crippen LogP contribution in [0.1, 0.15) is 41.2 Å². The van der Waals surface area contributed by atoms with Crippen LogP contribution in [-0.2, 0) is 6.42 Å². The van der Waals surface area contributed by atoms with Crippen molar-refractivity contribution in [3.05, 3.63) is 65.1 Å². The first kappa shape index (κ1) is 16.2. The van der Waals surface area contributed by atoms with Gasteiger partial charge in [0.2, 0.25) is 11.7 Å². The average Bonchev–Trinajstić information content (AvgIpc) is 2.91. The quantitative estimate of drug-likeness (QED) is 0.665. The van der Waals surface area contributed by atoms with Crippen LogP contribution >= 0.6 is 0 Å². The van der Waals surface area contributed by atoms with Crippen molar-refractivity contribution in [3.8, 4) is 5.88 Å². The molecule has 124 valence electrons. The number of ketones is 1. The highest BCUT2D eigenvalue weighted by Gasteiger charge is 2.22. The summed E-state index contributed by atoms with van der Waals surface area (Å²) in [6, 6.07) is 11.4. The zero-order valence-corrected chi connectivity index (χ0v) is 14.5. The van der Waals surface area contributed by atoms with Crippen molar-refractivity contribution in [2.24, 2.45) is 5.92 Å². The van der Waals surface area contributed by atoms with E-state index < -0.39 is 0 Å². The zero-order chi connectivity index (χ0) is 17.3. The summed E-state index contributed by atoms with van der Waals surface area (Å²) in [5, 5.41) is 0. The van der Waals surface area contributed by atoms with Crippen molar-refractivity contribution < 1.29 is 9.53 Å². The number of carbonyl (C=O) groups is 1. The maximum Gasteiger partial charge on any atom is 0.238 e. The van der Waals surface area contributed by atoms with Gasteiger partial charge in [-0.2, -0.15) is 0 Å². The molecule has 0 fully saturated rings. The number of methoxy groups -OCH3 is 1. The summed E-state index contributed by atoms with van der Waals surface area (Å²) >= 11 is 0. The van der Waals surface area contributed by atoms with Gasteiger partial charge >= 0.3 is 0 Å². The summed E-state index contributed by atoms with van der Waals surface area (Å²) in [5.74, 6) is 1.02. The van der Waals surface area contributed by atoms with Crippen molar-refractivity contribution in [2.45, 2.75) is 27.2 Å². The molecule has 3 rings (SSSR count). The van der Waals surface area contributed by atoms with Crippen LogP contribution in [0, 0.1) is 12.8 Å². The largest absolute Gasteiger partial charge is 0.479 e. The van der Waals surface area contributed by atoms with Crippen LogP contribution in [0.4, 0.5) is 0 Å². The molecule has 0 N–H and O–H groups in total. The van der Waals surface area contributed by atoms with Crippen molar-refractivity contribution in [2.75, 3.05) is 7.11 Å². The fraction of sp³-hybridized carbons (Fsp3) is 0.300. The number of hydrogen-bond acceptors (Lipinski definition) is 3. The average molecular weight is 322 g/mol. The molecule has 0 aliphatic heterocycles. The molecule has 24 heavy (non-hydrogen) atoms. The lowest BCUT2D eigenvalue weighted by Gasteiger charge is -2.09. The third-order valence-electron chi connectivity index (χ3n) is 4.00. The Bertz CT molecular complexity index is 880. The second kappa shape index (κ2) is 6.48. The molecule has 0 radical (unpaired) electrons. The van der Waals surface area contributed by atoms with Crippen molar-refractivity contribution in [1.29, 1.82) is 0 Å². The highest BCUT2D eigenvalue weighted by molar-refractivity contribution is 6.09. The van der Waals surface area contributed by atoms with Crippen LogP contribution in [0.25, 0.3) is 5.52 Å². The third kappa shape index (κ3) is 2.92. The van der Waals surface area contributed by atoms with E-state index in [4.69, 9.17) is 4.74 Å². The molecule has 0 atom stereocenters. The first-order valence-electron chi connectivity index (χ1n) is 8.16. The van der Waals surface area contributed by atoms with Gasteiger partial charge in [0.05, 0.1) is 18.5 Å². The summed E-state index contributed by atoms with van der Waals surface area (Å²) in [4.78, 5) is 17.6. The fourth-order valence-corrected chi connectivity index (χ4v) is 3.04. The van der Waals surface area contributed by atoms with E-state index in [2.05, 4.69) is 18.8 Å². The molecule has 3 aromatic rings. The molecule has 0 saturated heterocycles. The minimum absolute atomic E-state index is 0.0268. The minimum Gasteiger partial charge on any atom is -0.479 e. The number of benzene rings is 1. The van der Waals surface area contributed by atoms with Crippen LogP contribution in [0.2, 0.25) is 0 Å². The van der Waals surface area contributed by atoms with Crippen LogP contribution < -0.4 is 4.74 Å². The van der Waals surface area contributed by atoms with Gasteiger partial charge in [-0.05, 0) is 30.9 Å². The maximum atomic E-state index is 13.2. The van der Waals surface area contributed by atoms with Gasteiger partial charge in [-0.1, -0.05) is 44.2 Å². The number of rotatable bonds is 5. The topological polar surface area (TPSA) is 43.6 Å². The molecule has 0 spiro atoms. The lowest BCUT2D eigenvalue weighted by molar-refractivity contribution is 0.103. The molecule has 2 heterocycles. The lowest BCUT2D eigenvalue weighted by atomic mass is 9.99. The van der Waals surface area contributed by atoms with Gasteiger partial charge in [-0.3, -0.25) is 4.79 Å². The van der Waals surface area contributed by atoms with Gasteiger partial charge in [0.25, 0.3) is 0 Å². The Morgan fingerprint density at radius 1 is 1.25 bits per heavy atom. The molecule has 4 heteroatoms. The summed E-state index contributed by atoms with van der Waals surface area (Å²) < 4.78 is 7.35. The van der Waals surface area contributed by atoms with Gasteiger partial charge in [0.1, 0.15) is 5.52 Å². The first-order valence-corrected chi connectivity index (χ1v) is 8.16. The number of aromatic nitrogens is 2. The van der Waals surface area contributed by atoms with Crippen molar-refractivity contribution in [3.63, 3.8) is 0 Å². The van der Waals surface area contributed by atoms with Gasteiger partial charge in [-0.25, -0.2) is 4.98 Å². The Labute approximate surface area is 142 Å². The molecule has 0 amide bonds. The number of hydrogen-bond donors (Lipinski definition) is 0. The van der Waals surface area contributed by atoms with Crippen LogP contribution in [0.3, 0.4) is 0 Å². The number of aryl methyl sites for hydroxylation is 1. The molecule has 0 aliphatic rings. The predicted octanol–water partition coefficient (Wildman–Crippen LogP) is 4.08. The van der Waals surface area contributed by atoms with Gasteiger partial charge in [0, 0.05) is 11.8 Å². The van der Waals surface area contributed by atoms with Crippen LogP contribution in [0.5, 0.6) is 5.88 Å². The van der Waals surface area contributed by atoms with E-state index in [1.54, 1.807) is 7.11 Å². The smallest absolute Gasteiger partial charge is 0.238 e. The minimum atomic E-state index is 0.0268. The summed E-state index contributed by atoms with van der Waals surface area (Å²) in [5.41, 5.74) is 4.07. The van der Waals surface area contributed by atoms with Gasteiger partial charge in [-0.15, -0.1) is 0 Å². The number of ether oxygens (including phenoxy) is 1. The highest BCUT2D eigenvalue weighted by atomic mass is 16.5. The fourth-order valence-electron chi connectivity index (χ4n) is 3.04. The molecule has 0 aliphatic carbocycles. The standard InChI is InChI=1S/C20H22N2O2/c1-13(2)10-16-11-17-20(24-4)21-14(3)12-22(17)18(16)19(23)15-8-6-5-7-9-15/h5-9,11-13H,10H2,1-4H3. The van der Waals surface area contributed by atoms with Gasteiger partial charge in [0.15, 0.2) is 0 Å². The van der Waals surface area contributed by atoms with Crippen molar-refractivity contribution in [1.82, 2.24) is 9.38 Å². The summed E-state index contributed by atoms with van der Waals surface area (Å²) in [6.07, 6.45) is 2.73. The summed E-state index contributed by atoms with van der Waals surface area (Å²) in [7, 11) is 1.61. The van der Waals surface area contributed by atoms with Crippen molar-refractivity contribution >= 4 is 11.3 Å². The predicted molar refractivity (Wildman–Crippen MR) is 94.9 cm³/mol. The normalized spacial score (nSPS) is 11.2. The van der Waals surface area contributed by atoms with E-state index in [9.17, 15) is 4.79 Å². The molecule has 0 bridgehead atoms. The Balaban J connectivity index is 2.27. The van der Waals surface area contributed by atoms with E-state index in [1.165, 1.54) is 0 Å². The number of carbonyl (C=O) groups excluding carboxylic acids is 1. The van der Waals surface area contributed by atoms with Crippen LogP contribution in [-0.4, -0.2) is 22.3 Å². The second-order valence-electron chi connectivity index (χ2n) is 6.46. The Morgan fingerprint density at radius 2 is 1.96 bits per heavy atom. The van der Waals surface area contributed by atoms with E-state index in [-0.39, 0.29) is 5.78 Å². The molecule has 4 nitrogen and oxygen atoms in total. The van der Waals surface area contributed by atoms with Gasteiger partial charge < -0.3 is 9.14 Å². The Hall–Kier alpha value is -2.62. The second-order valence-corrected chi connectivity index (χ2v) is 6.46.